The fourth-order valence-corrected chi connectivity index (χ4v) is 3.56. The maximum Gasteiger partial charge on any atom is 0.319 e. The van der Waals surface area contributed by atoms with E-state index in [4.69, 9.17) is 0 Å². The van der Waals surface area contributed by atoms with E-state index in [1.807, 2.05) is 6.07 Å². The molecule has 0 bridgehead atoms. The van der Waals surface area contributed by atoms with Gasteiger partial charge in [-0.3, -0.25) is 4.79 Å². The molecule has 8 nitrogen and oxygen atoms in total. The highest BCUT2D eigenvalue weighted by molar-refractivity contribution is 7.89. The predicted molar refractivity (Wildman–Crippen MR) is 109 cm³/mol. The highest BCUT2D eigenvalue weighted by Crippen LogP contribution is 2.14. The molecule has 0 saturated carbocycles. The smallest absolute Gasteiger partial charge is 0.319 e. The summed E-state index contributed by atoms with van der Waals surface area (Å²) in [6.45, 7) is 3.63. The van der Waals surface area contributed by atoms with Gasteiger partial charge in [-0.15, -0.1) is 0 Å². The van der Waals surface area contributed by atoms with E-state index in [1.54, 1.807) is 38.1 Å². The van der Waals surface area contributed by atoms with Crippen molar-refractivity contribution in [1.82, 2.24) is 10.0 Å². The molecular weight excluding hydrogens is 380 g/mol. The summed E-state index contributed by atoms with van der Waals surface area (Å²) in [4.78, 5) is 23.8. The van der Waals surface area contributed by atoms with E-state index >= 15 is 0 Å². The Labute approximate surface area is 164 Å². The third-order valence-electron chi connectivity index (χ3n) is 3.51. The summed E-state index contributed by atoms with van der Waals surface area (Å²) in [7, 11) is -3.57. The van der Waals surface area contributed by atoms with E-state index in [1.165, 1.54) is 24.3 Å². The molecule has 150 valence electrons. The Morgan fingerprint density at radius 1 is 0.893 bits per heavy atom. The summed E-state index contributed by atoms with van der Waals surface area (Å²) >= 11 is 0. The van der Waals surface area contributed by atoms with Crippen molar-refractivity contribution < 1.29 is 18.0 Å². The van der Waals surface area contributed by atoms with Crippen LogP contribution in [0.25, 0.3) is 0 Å². The van der Waals surface area contributed by atoms with Crippen LogP contribution in [0.3, 0.4) is 0 Å². The van der Waals surface area contributed by atoms with E-state index in [2.05, 4.69) is 20.7 Å². The average molecular weight is 404 g/mol. The van der Waals surface area contributed by atoms with Crippen LogP contribution in [0.4, 0.5) is 16.2 Å². The largest absolute Gasteiger partial charge is 0.337 e. The summed E-state index contributed by atoms with van der Waals surface area (Å²) in [5.41, 5.74) is 1.13. The van der Waals surface area contributed by atoms with Gasteiger partial charge >= 0.3 is 6.03 Å². The molecule has 0 aliphatic heterocycles. The molecule has 2 aromatic rings. The molecule has 0 aliphatic rings. The number of hydrogen-bond donors (Lipinski definition) is 4. The van der Waals surface area contributed by atoms with Gasteiger partial charge < -0.3 is 16.0 Å². The van der Waals surface area contributed by atoms with Crippen LogP contribution < -0.4 is 20.7 Å². The van der Waals surface area contributed by atoms with E-state index in [9.17, 15) is 18.0 Å². The minimum atomic E-state index is -3.57. The number of carbonyl (C=O) groups excluding carboxylic acids is 2. The third-order valence-corrected chi connectivity index (χ3v) is 5.18. The van der Waals surface area contributed by atoms with Crippen molar-refractivity contribution in [1.29, 1.82) is 0 Å². The maximum absolute atomic E-state index is 12.1. The maximum atomic E-state index is 12.1. The fourth-order valence-electron chi connectivity index (χ4n) is 2.31. The molecule has 0 radical (unpaired) electrons. The molecule has 3 amide bonds. The lowest BCUT2D eigenvalue weighted by Crippen LogP contribution is -2.31. The van der Waals surface area contributed by atoms with Crippen LogP contribution in [0.5, 0.6) is 0 Å². The highest BCUT2D eigenvalue weighted by atomic mass is 32.2. The second kappa shape index (κ2) is 9.86. The van der Waals surface area contributed by atoms with Gasteiger partial charge in [0.2, 0.25) is 15.9 Å². The van der Waals surface area contributed by atoms with Gasteiger partial charge in [-0.25, -0.2) is 17.9 Å². The van der Waals surface area contributed by atoms with Crippen LogP contribution in [0, 0.1) is 0 Å². The molecule has 28 heavy (non-hydrogen) atoms. The molecule has 2 aromatic carbocycles. The van der Waals surface area contributed by atoms with Crippen molar-refractivity contribution in [3.63, 3.8) is 0 Å². The topological polar surface area (TPSA) is 116 Å². The van der Waals surface area contributed by atoms with Gasteiger partial charge in [-0.05, 0) is 50.2 Å². The Balaban J connectivity index is 1.77. The SMILES string of the molecule is CC(C)NS(=O)(=O)c1ccc(NC(=O)CCNC(=O)Nc2ccccc2)cc1. The number of amides is 3. The van der Waals surface area contributed by atoms with Gasteiger partial charge in [0, 0.05) is 30.4 Å². The van der Waals surface area contributed by atoms with Crippen LogP contribution in [0.2, 0.25) is 0 Å². The van der Waals surface area contributed by atoms with Crippen molar-refractivity contribution in [2.45, 2.75) is 31.2 Å². The van der Waals surface area contributed by atoms with E-state index in [0.717, 1.165) is 0 Å². The molecule has 0 spiro atoms. The number of anilines is 2. The Morgan fingerprint density at radius 2 is 1.50 bits per heavy atom. The van der Waals surface area contributed by atoms with Gasteiger partial charge in [0.05, 0.1) is 4.90 Å². The summed E-state index contributed by atoms with van der Waals surface area (Å²) in [5, 5.41) is 7.91. The number of carbonyl (C=O) groups is 2. The molecule has 0 aliphatic carbocycles. The van der Waals surface area contributed by atoms with Crippen LogP contribution in [0.1, 0.15) is 20.3 Å². The quantitative estimate of drug-likeness (QED) is 0.541. The van der Waals surface area contributed by atoms with Gasteiger partial charge in [0.1, 0.15) is 0 Å². The first-order chi connectivity index (χ1) is 13.3. The standard InChI is InChI=1S/C19H24N4O4S/c1-14(2)23-28(26,27)17-10-8-16(9-11-17)21-18(24)12-13-20-19(25)22-15-6-4-3-5-7-15/h3-11,14,23H,12-13H2,1-2H3,(H,21,24)(H2,20,22,25). The first-order valence-electron chi connectivity index (χ1n) is 8.78. The lowest BCUT2D eigenvalue weighted by molar-refractivity contribution is -0.116. The number of urea groups is 1. The first-order valence-corrected chi connectivity index (χ1v) is 10.3. The molecule has 9 heteroatoms. The second-order valence-electron chi connectivity index (χ2n) is 6.35. The number of para-hydroxylation sites is 1. The van der Waals surface area contributed by atoms with E-state index in [-0.39, 0.29) is 29.8 Å². The Bertz CT molecular complexity index is 897. The Kier molecular flexibility index (Phi) is 7.53. The molecule has 0 atom stereocenters. The van der Waals surface area contributed by atoms with Crippen LogP contribution in [-0.4, -0.2) is 32.9 Å². The van der Waals surface area contributed by atoms with Crippen LogP contribution >= 0.6 is 0 Å². The van der Waals surface area contributed by atoms with Crippen molar-refractivity contribution in [3.05, 3.63) is 54.6 Å². The molecule has 0 heterocycles. The first kappa shape index (κ1) is 21.4. The van der Waals surface area contributed by atoms with E-state index < -0.39 is 16.1 Å². The number of benzene rings is 2. The monoisotopic (exact) mass is 404 g/mol. The molecule has 0 saturated heterocycles. The van der Waals surface area contributed by atoms with Gasteiger partial charge in [0.15, 0.2) is 0 Å². The van der Waals surface area contributed by atoms with Gasteiger partial charge in [0.25, 0.3) is 0 Å². The van der Waals surface area contributed by atoms with E-state index in [0.29, 0.717) is 11.4 Å². The van der Waals surface area contributed by atoms with Crippen LogP contribution in [-0.2, 0) is 14.8 Å². The lowest BCUT2D eigenvalue weighted by Gasteiger charge is -2.11. The average Bonchev–Trinajstić information content (AvgIpc) is 2.62. The number of nitrogens with one attached hydrogen (secondary N) is 4. The highest BCUT2D eigenvalue weighted by Gasteiger charge is 2.15. The fraction of sp³-hybridized carbons (Fsp3) is 0.263. The predicted octanol–water partition coefficient (Wildman–Crippen LogP) is 2.52. The molecule has 0 fully saturated rings. The summed E-state index contributed by atoms with van der Waals surface area (Å²) in [6, 6.07) is 14.2. The second-order valence-corrected chi connectivity index (χ2v) is 8.06. The lowest BCUT2D eigenvalue weighted by atomic mass is 10.3. The van der Waals surface area contributed by atoms with Gasteiger partial charge in [-0.1, -0.05) is 18.2 Å². The third kappa shape index (κ3) is 7.01. The van der Waals surface area contributed by atoms with Crippen molar-refractivity contribution in [3.8, 4) is 0 Å². The minimum Gasteiger partial charge on any atom is -0.337 e. The summed E-state index contributed by atoms with van der Waals surface area (Å²) < 4.78 is 26.6. The van der Waals surface area contributed by atoms with Crippen molar-refractivity contribution >= 4 is 33.3 Å². The zero-order chi connectivity index (χ0) is 20.6. The van der Waals surface area contributed by atoms with Crippen molar-refractivity contribution in [2.24, 2.45) is 0 Å². The normalized spacial score (nSPS) is 11.1. The molecule has 0 unspecified atom stereocenters. The van der Waals surface area contributed by atoms with Crippen molar-refractivity contribution in [2.75, 3.05) is 17.2 Å². The Hall–Kier alpha value is -2.91. The zero-order valence-corrected chi connectivity index (χ0v) is 16.5. The zero-order valence-electron chi connectivity index (χ0n) is 15.7. The summed E-state index contributed by atoms with van der Waals surface area (Å²) in [5.74, 6) is -0.295. The molecule has 0 aromatic heterocycles. The Morgan fingerprint density at radius 3 is 2.11 bits per heavy atom. The van der Waals surface area contributed by atoms with Gasteiger partial charge in [-0.2, -0.15) is 0 Å². The number of hydrogen-bond acceptors (Lipinski definition) is 4. The molecule has 2 rings (SSSR count). The molecule has 4 N–H and O–H groups in total. The number of sulfonamides is 1. The molecular formula is C19H24N4O4S. The minimum absolute atomic E-state index is 0.0805. The summed E-state index contributed by atoms with van der Waals surface area (Å²) in [6.07, 6.45) is 0.0805. The number of rotatable bonds is 8. The van der Waals surface area contributed by atoms with Crippen LogP contribution in [0.15, 0.2) is 59.5 Å².